The molecule has 31 heavy (non-hydrogen) atoms. The Hall–Kier alpha value is -4.27. The Labute approximate surface area is 176 Å². The highest BCUT2D eigenvalue weighted by Gasteiger charge is 2.25. The molecule has 5 rings (SSSR count). The summed E-state index contributed by atoms with van der Waals surface area (Å²) < 4.78 is 7.12. The summed E-state index contributed by atoms with van der Waals surface area (Å²) in [7, 11) is 0. The molecule has 4 aromatic rings. The van der Waals surface area contributed by atoms with Crippen LogP contribution in [0.4, 0.5) is 5.82 Å². The van der Waals surface area contributed by atoms with Crippen LogP contribution in [0, 0.1) is 0 Å². The highest BCUT2D eigenvalue weighted by atomic mass is 16.5. The average Bonchev–Trinajstić information content (AvgIpc) is 2.97. The lowest BCUT2D eigenvalue weighted by Crippen LogP contribution is -2.26. The number of carbonyl (C=O) groups is 1. The first-order valence-corrected chi connectivity index (χ1v) is 9.74. The van der Waals surface area contributed by atoms with Crippen molar-refractivity contribution in [2.75, 3.05) is 18.9 Å². The number of benzene rings is 2. The monoisotopic (exact) mass is 414 g/mol. The van der Waals surface area contributed by atoms with E-state index in [9.17, 15) is 9.59 Å². The van der Waals surface area contributed by atoms with Gasteiger partial charge in [-0.3, -0.25) is 14.2 Å². The van der Waals surface area contributed by atoms with Crippen molar-refractivity contribution >= 4 is 22.6 Å². The van der Waals surface area contributed by atoms with Crippen molar-refractivity contribution < 1.29 is 9.53 Å². The van der Waals surface area contributed by atoms with Crippen LogP contribution in [0.2, 0.25) is 0 Å². The van der Waals surface area contributed by atoms with Crippen LogP contribution in [0.1, 0.15) is 15.9 Å². The van der Waals surface area contributed by atoms with Crippen LogP contribution in [0.5, 0.6) is 5.88 Å². The van der Waals surface area contributed by atoms with Gasteiger partial charge >= 0.3 is 0 Å². The number of anilines is 1. The minimum Gasteiger partial charge on any atom is -0.475 e. The topological polar surface area (TPSA) is 125 Å². The standard InChI is InChI=1S/C22H18N6O3/c23-17-16-20(29)24-10-11-31-21(16)27-18(26-17)19-25-15-9-5-4-8-14(15)22(30)28(19)12-13-6-2-1-3-7-13/h1-9H,10-12H2,(H,24,29)(H2,23,26,27). The lowest BCUT2D eigenvalue weighted by atomic mass is 10.2. The summed E-state index contributed by atoms with van der Waals surface area (Å²) in [6, 6.07) is 16.6. The molecule has 0 unspecified atom stereocenters. The highest BCUT2D eigenvalue weighted by molar-refractivity contribution is 6.01. The van der Waals surface area contributed by atoms with Crippen LogP contribution in [0.3, 0.4) is 0 Å². The van der Waals surface area contributed by atoms with Gasteiger partial charge in [0.05, 0.1) is 24.0 Å². The molecule has 9 nitrogen and oxygen atoms in total. The highest BCUT2D eigenvalue weighted by Crippen LogP contribution is 2.26. The molecule has 3 N–H and O–H groups in total. The van der Waals surface area contributed by atoms with Crippen LogP contribution < -0.4 is 21.3 Å². The first-order chi connectivity index (χ1) is 15.1. The molecule has 154 valence electrons. The average molecular weight is 414 g/mol. The summed E-state index contributed by atoms with van der Waals surface area (Å²) in [5.74, 6) is 0.00368. The zero-order valence-electron chi connectivity index (χ0n) is 16.4. The van der Waals surface area contributed by atoms with Gasteiger partial charge in [0.25, 0.3) is 11.5 Å². The molecule has 0 aliphatic carbocycles. The second-order valence-electron chi connectivity index (χ2n) is 7.05. The zero-order chi connectivity index (χ0) is 21.4. The van der Waals surface area contributed by atoms with E-state index in [0.717, 1.165) is 5.56 Å². The molecule has 0 atom stereocenters. The third kappa shape index (κ3) is 3.35. The van der Waals surface area contributed by atoms with Crippen LogP contribution in [0.25, 0.3) is 22.6 Å². The largest absolute Gasteiger partial charge is 0.475 e. The molecule has 0 fully saturated rings. The van der Waals surface area contributed by atoms with Crippen molar-refractivity contribution in [3.05, 3.63) is 76.1 Å². The second-order valence-corrected chi connectivity index (χ2v) is 7.05. The molecule has 3 heterocycles. The molecule has 0 radical (unpaired) electrons. The summed E-state index contributed by atoms with van der Waals surface area (Å²) in [5, 5.41) is 3.17. The van der Waals surface area contributed by atoms with E-state index < -0.39 is 5.91 Å². The van der Waals surface area contributed by atoms with Crippen molar-refractivity contribution in [3.8, 4) is 17.5 Å². The van der Waals surface area contributed by atoms with Gasteiger partial charge in [0.2, 0.25) is 11.7 Å². The summed E-state index contributed by atoms with van der Waals surface area (Å²) in [6.45, 7) is 0.849. The summed E-state index contributed by atoms with van der Waals surface area (Å²) in [5.41, 5.74) is 7.38. The number of nitrogens with two attached hydrogens (primary N) is 1. The predicted molar refractivity (Wildman–Crippen MR) is 115 cm³/mol. The summed E-state index contributed by atoms with van der Waals surface area (Å²) >= 11 is 0. The van der Waals surface area contributed by atoms with Gasteiger partial charge in [-0.1, -0.05) is 42.5 Å². The number of rotatable bonds is 3. The van der Waals surface area contributed by atoms with Gasteiger partial charge in [0.15, 0.2) is 5.82 Å². The van der Waals surface area contributed by atoms with Gasteiger partial charge in [-0.2, -0.15) is 4.98 Å². The minimum atomic E-state index is -0.398. The van der Waals surface area contributed by atoms with Gasteiger partial charge in [0, 0.05) is 0 Å². The Morgan fingerprint density at radius 1 is 1.00 bits per heavy atom. The lowest BCUT2D eigenvalue weighted by molar-refractivity contribution is 0.0957. The van der Waals surface area contributed by atoms with E-state index in [2.05, 4.69) is 20.3 Å². The Morgan fingerprint density at radius 3 is 2.61 bits per heavy atom. The van der Waals surface area contributed by atoms with Crippen molar-refractivity contribution in [3.63, 3.8) is 0 Å². The Bertz CT molecular complexity index is 1370. The number of nitrogens with zero attached hydrogens (tertiary/aromatic N) is 4. The van der Waals surface area contributed by atoms with Gasteiger partial charge in [0.1, 0.15) is 18.0 Å². The molecule has 0 saturated heterocycles. The molecule has 9 heteroatoms. The van der Waals surface area contributed by atoms with Gasteiger partial charge < -0.3 is 15.8 Å². The van der Waals surface area contributed by atoms with E-state index >= 15 is 0 Å². The Balaban J connectivity index is 1.75. The fourth-order valence-electron chi connectivity index (χ4n) is 3.53. The zero-order valence-corrected chi connectivity index (χ0v) is 16.4. The maximum atomic E-state index is 13.3. The molecular weight excluding hydrogens is 396 g/mol. The van der Waals surface area contributed by atoms with Crippen molar-refractivity contribution in [1.82, 2.24) is 24.8 Å². The first kappa shape index (κ1) is 18.7. The van der Waals surface area contributed by atoms with Gasteiger partial charge in [-0.15, -0.1) is 0 Å². The Kier molecular flexibility index (Phi) is 4.55. The number of ether oxygens (including phenoxy) is 1. The predicted octanol–water partition coefficient (Wildman–Crippen LogP) is 1.61. The minimum absolute atomic E-state index is 0.0342. The van der Waals surface area contributed by atoms with Crippen LogP contribution in [0.15, 0.2) is 59.4 Å². The van der Waals surface area contributed by atoms with Gasteiger partial charge in [-0.05, 0) is 17.7 Å². The van der Waals surface area contributed by atoms with Crippen molar-refractivity contribution in [2.45, 2.75) is 6.54 Å². The fraction of sp³-hybridized carbons (Fsp3) is 0.136. The van der Waals surface area contributed by atoms with E-state index in [4.69, 9.17) is 10.5 Å². The number of nitrogens with one attached hydrogen (secondary N) is 1. The van der Waals surface area contributed by atoms with Crippen LogP contribution >= 0.6 is 0 Å². The third-order valence-corrected chi connectivity index (χ3v) is 5.00. The molecule has 2 aromatic carbocycles. The molecule has 0 spiro atoms. The summed E-state index contributed by atoms with van der Waals surface area (Å²) in [4.78, 5) is 39.0. The molecular formula is C22H18N6O3. The van der Waals surface area contributed by atoms with E-state index in [1.54, 1.807) is 24.3 Å². The number of amides is 1. The van der Waals surface area contributed by atoms with Crippen molar-refractivity contribution in [1.29, 1.82) is 0 Å². The molecule has 0 bridgehead atoms. The second kappa shape index (κ2) is 7.52. The lowest BCUT2D eigenvalue weighted by Gasteiger charge is -2.14. The molecule has 1 aliphatic rings. The molecule has 1 amide bonds. The van der Waals surface area contributed by atoms with E-state index in [1.807, 2.05) is 30.3 Å². The number of carbonyl (C=O) groups excluding carboxylic acids is 1. The molecule has 2 aromatic heterocycles. The summed E-state index contributed by atoms with van der Waals surface area (Å²) in [6.07, 6.45) is 0. The maximum absolute atomic E-state index is 13.3. The molecule has 0 saturated carbocycles. The van der Waals surface area contributed by atoms with E-state index in [-0.39, 0.29) is 47.6 Å². The third-order valence-electron chi connectivity index (χ3n) is 5.00. The Morgan fingerprint density at radius 2 is 1.77 bits per heavy atom. The number of hydrogen-bond acceptors (Lipinski definition) is 7. The molecule has 1 aliphatic heterocycles. The fourth-order valence-corrected chi connectivity index (χ4v) is 3.53. The normalized spacial score (nSPS) is 13.2. The smallest absolute Gasteiger partial charge is 0.262 e. The van der Waals surface area contributed by atoms with Crippen LogP contribution in [-0.2, 0) is 6.54 Å². The maximum Gasteiger partial charge on any atom is 0.262 e. The number of nitrogen functional groups attached to an aromatic ring is 1. The number of hydrogen-bond donors (Lipinski definition) is 2. The van der Waals surface area contributed by atoms with E-state index in [1.165, 1.54) is 4.57 Å². The quantitative estimate of drug-likeness (QED) is 0.522. The van der Waals surface area contributed by atoms with Crippen molar-refractivity contribution in [2.24, 2.45) is 0 Å². The van der Waals surface area contributed by atoms with Gasteiger partial charge in [-0.25, -0.2) is 9.97 Å². The number of para-hydroxylation sites is 1. The van der Waals surface area contributed by atoms with Crippen LogP contribution in [-0.4, -0.2) is 38.6 Å². The SMILES string of the molecule is Nc1nc(-c2nc3ccccc3c(=O)n2Cc2ccccc2)nc2c1C(=O)NCCO2. The first-order valence-electron chi connectivity index (χ1n) is 9.74. The van der Waals surface area contributed by atoms with E-state index in [0.29, 0.717) is 17.4 Å². The number of aromatic nitrogens is 4. The number of fused-ring (bicyclic) bond motifs is 2.